The smallest absolute Gasteiger partial charge is 0.325 e. The standard InChI is InChI=1S/C7H7ClF2O5/c1-2(3(11)12)7(4(8)13,5(9)10)6(14)15/h2,5H,1H3,(H,11,12)(H,14,15). The Balaban J connectivity index is 5.63. The number of alkyl halides is 2. The van der Waals surface area contributed by atoms with E-state index >= 15 is 0 Å². The van der Waals surface area contributed by atoms with Gasteiger partial charge in [-0.1, -0.05) is 6.92 Å². The van der Waals surface area contributed by atoms with Crippen LogP contribution in [-0.4, -0.2) is 33.8 Å². The minimum atomic E-state index is -3.70. The molecular weight excluding hydrogens is 238 g/mol. The van der Waals surface area contributed by atoms with Crippen molar-refractivity contribution >= 4 is 28.8 Å². The lowest BCUT2D eigenvalue weighted by molar-refractivity contribution is -0.176. The highest BCUT2D eigenvalue weighted by Gasteiger charge is 2.60. The molecule has 0 aliphatic carbocycles. The highest BCUT2D eigenvalue weighted by atomic mass is 35.5. The first-order valence-corrected chi connectivity index (χ1v) is 4.01. The Hall–Kier alpha value is -1.24. The van der Waals surface area contributed by atoms with Crippen LogP contribution in [0.4, 0.5) is 8.78 Å². The number of carboxylic acid groups (broad SMARTS) is 2. The predicted octanol–water partition coefficient (Wildman–Crippen LogP) is 0.809. The summed E-state index contributed by atoms with van der Waals surface area (Å²) >= 11 is 4.77. The van der Waals surface area contributed by atoms with E-state index in [2.05, 4.69) is 0 Å². The van der Waals surface area contributed by atoms with Gasteiger partial charge in [-0.2, -0.15) is 0 Å². The first kappa shape index (κ1) is 13.8. The van der Waals surface area contributed by atoms with E-state index < -0.39 is 34.9 Å². The van der Waals surface area contributed by atoms with Crippen molar-refractivity contribution in [2.45, 2.75) is 13.3 Å². The molecule has 0 saturated heterocycles. The molecule has 0 aromatic carbocycles. The summed E-state index contributed by atoms with van der Waals surface area (Å²) < 4.78 is 25.0. The van der Waals surface area contributed by atoms with Crippen molar-refractivity contribution in [3.05, 3.63) is 0 Å². The number of carbonyl (C=O) groups excluding carboxylic acids is 1. The van der Waals surface area contributed by atoms with Gasteiger partial charge in [0.15, 0.2) is 0 Å². The number of rotatable bonds is 5. The van der Waals surface area contributed by atoms with Crippen LogP contribution in [0.3, 0.4) is 0 Å². The predicted molar refractivity (Wildman–Crippen MR) is 43.7 cm³/mol. The van der Waals surface area contributed by atoms with Crippen molar-refractivity contribution in [1.82, 2.24) is 0 Å². The molecule has 0 aromatic heterocycles. The molecule has 0 aromatic rings. The Morgan fingerprint density at radius 2 is 1.67 bits per heavy atom. The molecule has 0 rings (SSSR count). The summed E-state index contributed by atoms with van der Waals surface area (Å²) in [7, 11) is 0. The lowest BCUT2D eigenvalue weighted by Crippen LogP contribution is -2.51. The Morgan fingerprint density at radius 1 is 1.27 bits per heavy atom. The Kier molecular flexibility index (Phi) is 4.15. The largest absolute Gasteiger partial charge is 0.481 e. The van der Waals surface area contributed by atoms with E-state index in [0.29, 0.717) is 6.92 Å². The Morgan fingerprint density at radius 3 is 1.73 bits per heavy atom. The van der Waals surface area contributed by atoms with Gasteiger partial charge in [-0.15, -0.1) is 0 Å². The SMILES string of the molecule is CC(C(=O)O)C(C(=O)O)(C(=O)Cl)C(F)F. The average Bonchev–Trinajstić information content (AvgIpc) is 2.02. The van der Waals surface area contributed by atoms with E-state index in [0.717, 1.165) is 0 Å². The van der Waals surface area contributed by atoms with Gasteiger partial charge in [0, 0.05) is 0 Å². The van der Waals surface area contributed by atoms with Crippen LogP contribution in [0.2, 0.25) is 0 Å². The monoisotopic (exact) mass is 244 g/mol. The molecule has 5 nitrogen and oxygen atoms in total. The van der Waals surface area contributed by atoms with Gasteiger partial charge in [0.2, 0.25) is 10.7 Å². The number of halogens is 3. The van der Waals surface area contributed by atoms with Gasteiger partial charge in [-0.05, 0) is 11.6 Å². The van der Waals surface area contributed by atoms with Crippen LogP contribution in [0.1, 0.15) is 6.92 Å². The minimum Gasteiger partial charge on any atom is -0.481 e. The van der Waals surface area contributed by atoms with Gasteiger partial charge in [-0.3, -0.25) is 14.4 Å². The van der Waals surface area contributed by atoms with Crippen molar-refractivity contribution in [2.75, 3.05) is 0 Å². The molecule has 86 valence electrons. The second kappa shape index (κ2) is 4.52. The minimum absolute atomic E-state index is 0.683. The lowest BCUT2D eigenvalue weighted by Gasteiger charge is -2.27. The van der Waals surface area contributed by atoms with E-state index in [1.54, 1.807) is 0 Å². The normalized spacial score (nSPS) is 16.9. The highest BCUT2D eigenvalue weighted by molar-refractivity contribution is 6.66. The summed E-state index contributed by atoms with van der Waals surface area (Å²) in [5.41, 5.74) is -3.41. The number of hydrogen-bond donors (Lipinski definition) is 2. The first-order chi connectivity index (χ1) is 6.68. The van der Waals surface area contributed by atoms with Crippen molar-refractivity contribution in [3.8, 4) is 0 Å². The third-order valence-electron chi connectivity index (χ3n) is 2.08. The summed E-state index contributed by atoms with van der Waals surface area (Å²) in [6.45, 7) is 0.683. The number of aliphatic carboxylic acids is 2. The van der Waals surface area contributed by atoms with Crippen molar-refractivity contribution < 1.29 is 33.4 Å². The Labute approximate surface area is 87.6 Å². The maximum Gasteiger partial charge on any atom is 0.325 e. The van der Waals surface area contributed by atoms with E-state index in [-0.39, 0.29) is 0 Å². The van der Waals surface area contributed by atoms with Crippen molar-refractivity contribution in [2.24, 2.45) is 11.3 Å². The van der Waals surface area contributed by atoms with Gasteiger partial charge >= 0.3 is 11.9 Å². The van der Waals surface area contributed by atoms with Crippen LogP contribution in [0.5, 0.6) is 0 Å². The summed E-state index contributed by atoms with van der Waals surface area (Å²) in [6.07, 6.45) is -3.70. The topological polar surface area (TPSA) is 91.7 Å². The molecular formula is C7H7ClF2O5. The van der Waals surface area contributed by atoms with E-state index in [1.165, 1.54) is 0 Å². The summed E-state index contributed by atoms with van der Waals surface area (Å²) in [4.78, 5) is 31.8. The number of carbonyl (C=O) groups is 3. The molecule has 2 atom stereocenters. The molecule has 8 heteroatoms. The van der Waals surface area contributed by atoms with E-state index in [4.69, 9.17) is 21.8 Å². The fourth-order valence-corrected chi connectivity index (χ4v) is 1.33. The second-order valence-electron chi connectivity index (χ2n) is 2.81. The molecule has 0 aliphatic rings. The molecule has 0 fully saturated rings. The lowest BCUT2D eigenvalue weighted by atomic mass is 9.77. The zero-order valence-corrected chi connectivity index (χ0v) is 8.16. The molecule has 0 bridgehead atoms. The van der Waals surface area contributed by atoms with Gasteiger partial charge in [0.1, 0.15) is 0 Å². The van der Waals surface area contributed by atoms with E-state index in [9.17, 15) is 23.2 Å². The van der Waals surface area contributed by atoms with Crippen molar-refractivity contribution in [3.63, 3.8) is 0 Å². The second-order valence-corrected chi connectivity index (χ2v) is 3.15. The third kappa shape index (κ3) is 2.06. The Bertz CT molecular complexity index is 290. The zero-order chi connectivity index (χ0) is 12.4. The van der Waals surface area contributed by atoms with Crippen LogP contribution in [0, 0.1) is 11.3 Å². The molecule has 0 saturated carbocycles. The third-order valence-corrected chi connectivity index (χ3v) is 2.39. The number of carboxylic acids is 2. The van der Waals surface area contributed by atoms with Crippen LogP contribution in [0.25, 0.3) is 0 Å². The van der Waals surface area contributed by atoms with Crippen LogP contribution in [0.15, 0.2) is 0 Å². The molecule has 15 heavy (non-hydrogen) atoms. The van der Waals surface area contributed by atoms with E-state index in [1.807, 2.05) is 0 Å². The molecule has 0 amide bonds. The van der Waals surface area contributed by atoms with Crippen LogP contribution < -0.4 is 0 Å². The maximum atomic E-state index is 12.5. The summed E-state index contributed by atoms with van der Waals surface area (Å²) in [5, 5.41) is 15.1. The fourth-order valence-electron chi connectivity index (χ4n) is 1.00. The first-order valence-electron chi connectivity index (χ1n) is 3.63. The van der Waals surface area contributed by atoms with Gasteiger partial charge in [0.25, 0.3) is 6.43 Å². The van der Waals surface area contributed by atoms with Gasteiger partial charge in [0.05, 0.1) is 5.92 Å². The highest BCUT2D eigenvalue weighted by Crippen LogP contribution is 2.37. The molecule has 0 radical (unpaired) electrons. The molecule has 0 aliphatic heterocycles. The average molecular weight is 245 g/mol. The van der Waals surface area contributed by atoms with Gasteiger partial charge < -0.3 is 10.2 Å². The summed E-state index contributed by atoms with van der Waals surface area (Å²) in [5.74, 6) is -6.22. The maximum absolute atomic E-state index is 12.5. The molecule has 0 heterocycles. The quantitative estimate of drug-likeness (QED) is 0.551. The zero-order valence-electron chi connectivity index (χ0n) is 7.41. The molecule has 2 N–H and O–H groups in total. The molecule has 2 unspecified atom stereocenters. The van der Waals surface area contributed by atoms with Gasteiger partial charge in [-0.25, -0.2) is 8.78 Å². The van der Waals surface area contributed by atoms with Crippen LogP contribution >= 0.6 is 11.6 Å². The summed E-state index contributed by atoms with van der Waals surface area (Å²) in [6, 6.07) is 0. The van der Waals surface area contributed by atoms with Crippen LogP contribution in [-0.2, 0) is 14.4 Å². The molecule has 0 spiro atoms. The number of hydrogen-bond acceptors (Lipinski definition) is 3. The fraction of sp³-hybridized carbons (Fsp3) is 0.571. The van der Waals surface area contributed by atoms with Crippen molar-refractivity contribution in [1.29, 1.82) is 0 Å².